The van der Waals surface area contributed by atoms with Crippen LogP contribution < -0.4 is 20.3 Å². The lowest BCUT2D eigenvalue weighted by atomic mass is 9.92. The topological polar surface area (TPSA) is 159 Å². The maximum atomic E-state index is 12.8. The average Bonchev–Trinajstić information content (AvgIpc) is 2.90. The van der Waals surface area contributed by atoms with Crippen molar-refractivity contribution < 1.29 is 47.7 Å². The minimum Gasteiger partial charge on any atom is -0.478 e. The Morgan fingerprint density at radius 1 is 0.733 bits per heavy atom. The van der Waals surface area contributed by atoms with E-state index in [1.165, 1.54) is 18.2 Å². The molecule has 0 unspecified atom stereocenters. The number of nitrogens with zero attached hydrogens (tertiary/aromatic N) is 1. The van der Waals surface area contributed by atoms with Gasteiger partial charge in [0.1, 0.15) is 16.8 Å². The van der Waals surface area contributed by atoms with E-state index in [0.29, 0.717) is 19.5 Å². The fraction of sp³-hybridized carbons (Fsp3) is 0.656. The molecule has 0 saturated carbocycles. The Kier molecular flexibility index (Phi) is 13.1. The summed E-state index contributed by atoms with van der Waals surface area (Å²) >= 11 is 0. The smallest absolute Gasteiger partial charge is 0.410 e. The fourth-order valence-corrected chi connectivity index (χ4v) is 4.22. The van der Waals surface area contributed by atoms with Gasteiger partial charge in [-0.25, -0.2) is 14.4 Å². The molecule has 13 heteroatoms. The minimum atomic E-state index is -0.728. The summed E-state index contributed by atoms with van der Waals surface area (Å²) in [6, 6.07) is 4.16. The molecule has 252 valence electrons. The largest absolute Gasteiger partial charge is 0.478 e. The summed E-state index contributed by atoms with van der Waals surface area (Å²) in [5.74, 6) is -1.87. The number of amides is 3. The van der Waals surface area contributed by atoms with Crippen molar-refractivity contribution in [2.75, 3.05) is 26.3 Å². The number of hydrazine groups is 1. The Bertz CT molecular complexity index is 1200. The molecule has 1 aliphatic rings. The highest BCUT2D eigenvalue weighted by molar-refractivity contribution is 5.96. The molecular weight excluding hydrogens is 586 g/mol. The first-order chi connectivity index (χ1) is 20.7. The number of esters is 2. The average molecular weight is 636 g/mol. The van der Waals surface area contributed by atoms with E-state index >= 15 is 0 Å². The van der Waals surface area contributed by atoms with Crippen molar-refractivity contribution in [3.8, 4) is 11.5 Å². The van der Waals surface area contributed by atoms with Crippen molar-refractivity contribution >= 4 is 29.8 Å². The summed E-state index contributed by atoms with van der Waals surface area (Å²) in [6.07, 6.45) is 1.98. The maximum absolute atomic E-state index is 12.8. The van der Waals surface area contributed by atoms with Crippen LogP contribution in [0.2, 0.25) is 0 Å². The van der Waals surface area contributed by atoms with E-state index in [2.05, 4.69) is 10.9 Å². The normalized spacial score (nSPS) is 14.2. The van der Waals surface area contributed by atoms with Crippen molar-refractivity contribution in [2.24, 2.45) is 5.92 Å². The van der Waals surface area contributed by atoms with Crippen LogP contribution in [0.15, 0.2) is 18.2 Å². The van der Waals surface area contributed by atoms with E-state index in [1.807, 2.05) is 20.8 Å². The van der Waals surface area contributed by atoms with Gasteiger partial charge in [-0.05, 0) is 106 Å². The van der Waals surface area contributed by atoms with Crippen LogP contribution >= 0.6 is 0 Å². The van der Waals surface area contributed by atoms with Crippen LogP contribution in [0.4, 0.5) is 4.79 Å². The number of hydrogen-bond acceptors (Lipinski definition) is 10. The number of nitrogens with one attached hydrogen (secondary N) is 2. The van der Waals surface area contributed by atoms with Crippen molar-refractivity contribution in [1.82, 2.24) is 15.8 Å². The van der Waals surface area contributed by atoms with Crippen LogP contribution in [0.3, 0.4) is 0 Å². The van der Waals surface area contributed by atoms with E-state index in [4.69, 9.17) is 23.7 Å². The lowest BCUT2D eigenvalue weighted by molar-refractivity contribution is -0.158. The first kappa shape index (κ1) is 37.2. The summed E-state index contributed by atoms with van der Waals surface area (Å²) in [7, 11) is 0. The molecular formula is C32H49N3O10. The zero-order chi connectivity index (χ0) is 34.0. The second-order valence-corrected chi connectivity index (χ2v) is 13.9. The highest BCUT2D eigenvalue weighted by Crippen LogP contribution is 2.29. The maximum Gasteiger partial charge on any atom is 0.410 e. The quantitative estimate of drug-likeness (QED) is 0.215. The molecule has 2 N–H and O–H groups in total. The number of rotatable bonds is 10. The van der Waals surface area contributed by atoms with Crippen molar-refractivity contribution in [1.29, 1.82) is 0 Å². The van der Waals surface area contributed by atoms with E-state index in [-0.39, 0.29) is 41.4 Å². The number of ether oxygens (including phenoxy) is 5. The molecule has 45 heavy (non-hydrogen) atoms. The van der Waals surface area contributed by atoms with Crippen LogP contribution in [-0.2, 0) is 28.6 Å². The third-order valence-corrected chi connectivity index (χ3v) is 6.10. The van der Waals surface area contributed by atoms with Gasteiger partial charge in [0, 0.05) is 25.1 Å². The van der Waals surface area contributed by atoms with Crippen LogP contribution in [-0.4, -0.2) is 77.9 Å². The van der Waals surface area contributed by atoms with Crippen molar-refractivity contribution in [3.05, 3.63) is 23.8 Å². The van der Waals surface area contributed by atoms with Crippen molar-refractivity contribution in [3.63, 3.8) is 0 Å². The lowest BCUT2D eigenvalue weighted by Crippen LogP contribution is -2.43. The van der Waals surface area contributed by atoms with Crippen LogP contribution in [0, 0.1) is 5.92 Å². The Morgan fingerprint density at radius 3 is 1.76 bits per heavy atom. The molecule has 1 aromatic carbocycles. The van der Waals surface area contributed by atoms with E-state index < -0.39 is 47.9 Å². The summed E-state index contributed by atoms with van der Waals surface area (Å²) in [5.41, 5.74) is 2.91. The first-order valence-electron chi connectivity index (χ1n) is 15.1. The van der Waals surface area contributed by atoms with Gasteiger partial charge < -0.3 is 28.6 Å². The SMILES string of the molecule is CC(C)(C)OC(=O)COc1ccc(C(=O)NNC(=O)CCC2CCN(C(=O)OC(C)(C)C)CC2)cc1OCC(=O)OC(C)(C)C. The molecule has 3 amide bonds. The summed E-state index contributed by atoms with van der Waals surface area (Å²) in [4.78, 5) is 63.6. The standard InChI is InChI=1S/C32H49N3O10/c1-30(2,3)43-26(37)19-41-23-12-11-22(18-24(23)42-20-27(38)44-31(4,5)6)28(39)34-33-25(36)13-10-21-14-16-35(17-15-21)29(40)45-32(7,8)9/h11-12,18,21H,10,13-17,19-20H2,1-9H3,(H,33,36)(H,34,39). The van der Waals surface area contributed by atoms with Gasteiger partial charge in [-0.15, -0.1) is 0 Å². The molecule has 1 saturated heterocycles. The Morgan fingerprint density at radius 2 is 1.24 bits per heavy atom. The van der Waals surface area contributed by atoms with Crippen LogP contribution in [0.1, 0.15) is 98.4 Å². The molecule has 0 bridgehead atoms. The predicted molar refractivity (Wildman–Crippen MR) is 164 cm³/mol. The second-order valence-electron chi connectivity index (χ2n) is 13.9. The monoisotopic (exact) mass is 635 g/mol. The molecule has 2 rings (SSSR count). The molecule has 0 spiro atoms. The Labute approximate surface area is 265 Å². The van der Waals surface area contributed by atoms with Gasteiger partial charge in [-0.2, -0.15) is 0 Å². The molecule has 0 atom stereocenters. The van der Waals surface area contributed by atoms with Gasteiger partial charge in [0.2, 0.25) is 5.91 Å². The van der Waals surface area contributed by atoms with Crippen LogP contribution in [0.25, 0.3) is 0 Å². The van der Waals surface area contributed by atoms with E-state index in [9.17, 15) is 24.0 Å². The fourth-order valence-electron chi connectivity index (χ4n) is 4.22. The third kappa shape index (κ3) is 15.0. The van der Waals surface area contributed by atoms with Gasteiger partial charge in [0.05, 0.1) is 0 Å². The van der Waals surface area contributed by atoms with Gasteiger partial charge >= 0.3 is 18.0 Å². The minimum absolute atomic E-state index is 0.0149. The van der Waals surface area contributed by atoms with Crippen LogP contribution in [0.5, 0.6) is 11.5 Å². The second kappa shape index (κ2) is 15.8. The van der Waals surface area contributed by atoms with Crippen molar-refractivity contribution in [2.45, 2.75) is 105 Å². The lowest BCUT2D eigenvalue weighted by Gasteiger charge is -2.33. The Hall–Kier alpha value is -4.03. The number of carbonyl (C=O) groups is 5. The molecule has 0 aromatic heterocycles. The number of likely N-dealkylation sites (tertiary alicyclic amines) is 1. The highest BCUT2D eigenvalue weighted by atomic mass is 16.6. The number of benzene rings is 1. The highest BCUT2D eigenvalue weighted by Gasteiger charge is 2.27. The van der Waals surface area contributed by atoms with Gasteiger partial charge in [-0.3, -0.25) is 20.4 Å². The number of hydrogen-bond donors (Lipinski definition) is 2. The summed E-state index contributed by atoms with van der Waals surface area (Å²) < 4.78 is 27.1. The predicted octanol–water partition coefficient (Wildman–Crippen LogP) is 4.32. The molecule has 1 aromatic rings. The molecule has 1 fully saturated rings. The molecule has 1 aliphatic heterocycles. The molecule has 13 nitrogen and oxygen atoms in total. The summed E-state index contributed by atoms with van der Waals surface area (Å²) in [5, 5.41) is 0. The summed E-state index contributed by atoms with van der Waals surface area (Å²) in [6.45, 7) is 16.0. The first-order valence-corrected chi connectivity index (χ1v) is 15.1. The zero-order valence-electron chi connectivity index (χ0n) is 28.0. The van der Waals surface area contributed by atoms with E-state index in [0.717, 1.165) is 12.8 Å². The zero-order valence-corrected chi connectivity index (χ0v) is 28.0. The number of carbonyl (C=O) groups excluding carboxylic acids is 5. The molecule has 1 heterocycles. The van der Waals surface area contributed by atoms with Gasteiger partial charge in [0.15, 0.2) is 24.7 Å². The Balaban J connectivity index is 1.93. The van der Waals surface area contributed by atoms with Gasteiger partial charge in [0.25, 0.3) is 5.91 Å². The molecule has 0 radical (unpaired) electrons. The van der Waals surface area contributed by atoms with E-state index in [1.54, 1.807) is 46.4 Å². The number of piperidine rings is 1. The molecule has 0 aliphatic carbocycles. The van der Waals surface area contributed by atoms with Gasteiger partial charge in [-0.1, -0.05) is 0 Å². The third-order valence-electron chi connectivity index (χ3n) is 6.10.